The van der Waals surface area contributed by atoms with Crippen LogP contribution < -0.4 is 14.8 Å². The Morgan fingerprint density at radius 3 is 2.50 bits per heavy atom. The number of rotatable bonds is 7. The first-order valence-corrected chi connectivity index (χ1v) is 8.49. The van der Waals surface area contributed by atoms with Gasteiger partial charge in [-0.1, -0.05) is 30.3 Å². The molecule has 134 valence electrons. The average molecular weight is 351 g/mol. The first kappa shape index (κ1) is 17.8. The van der Waals surface area contributed by atoms with Crippen molar-refractivity contribution >= 4 is 5.69 Å². The van der Waals surface area contributed by atoms with Crippen molar-refractivity contribution in [1.82, 2.24) is 0 Å². The molecule has 0 heterocycles. The molecule has 0 atom stereocenters. The van der Waals surface area contributed by atoms with Crippen LogP contribution in [0.25, 0.3) is 0 Å². The van der Waals surface area contributed by atoms with Crippen LogP contribution in [0, 0.1) is 12.7 Å². The maximum Gasteiger partial charge on any atom is 0.161 e. The first-order valence-electron chi connectivity index (χ1n) is 8.49. The summed E-state index contributed by atoms with van der Waals surface area (Å²) in [5.41, 5.74) is 4.16. The van der Waals surface area contributed by atoms with E-state index in [0.717, 1.165) is 16.8 Å². The van der Waals surface area contributed by atoms with Crippen LogP contribution in [0.4, 0.5) is 10.1 Å². The molecule has 4 heteroatoms. The van der Waals surface area contributed by atoms with Gasteiger partial charge < -0.3 is 14.8 Å². The number of halogens is 1. The van der Waals surface area contributed by atoms with E-state index >= 15 is 0 Å². The molecule has 0 aliphatic carbocycles. The van der Waals surface area contributed by atoms with Crippen LogP contribution in [0.15, 0.2) is 66.7 Å². The van der Waals surface area contributed by atoms with Crippen molar-refractivity contribution in [2.45, 2.75) is 20.1 Å². The molecule has 0 spiro atoms. The van der Waals surface area contributed by atoms with Crippen LogP contribution in [-0.4, -0.2) is 7.11 Å². The lowest BCUT2D eigenvalue weighted by molar-refractivity contribution is 0.284. The Hall–Kier alpha value is -3.01. The molecule has 0 aliphatic rings. The molecular weight excluding hydrogens is 329 g/mol. The topological polar surface area (TPSA) is 30.5 Å². The smallest absolute Gasteiger partial charge is 0.161 e. The van der Waals surface area contributed by atoms with E-state index in [1.807, 2.05) is 36.4 Å². The minimum absolute atomic E-state index is 0.268. The Bertz CT molecular complexity index is 880. The third-order valence-electron chi connectivity index (χ3n) is 4.03. The zero-order chi connectivity index (χ0) is 18.4. The fourth-order valence-corrected chi connectivity index (χ4v) is 2.69. The van der Waals surface area contributed by atoms with Crippen LogP contribution in [-0.2, 0) is 13.2 Å². The van der Waals surface area contributed by atoms with E-state index in [1.165, 1.54) is 17.7 Å². The van der Waals surface area contributed by atoms with Gasteiger partial charge in [0.05, 0.1) is 7.11 Å². The van der Waals surface area contributed by atoms with Crippen molar-refractivity contribution in [2.24, 2.45) is 0 Å². The van der Waals surface area contributed by atoms with Crippen molar-refractivity contribution < 1.29 is 13.9 Å². The van der Waals surface area contributed by atoms with Gasteiger partial charge in [0.1, 0.15) is 12.4 Å². The number of ether oxygens (including phenoxy) is 2. The molecule has 0 fully saturated rings. The molecule has 0 unspecified atom stereocenters. The summed E-state index contributed by atoms with van der Waals surface area (Å²) in [5.74, 6) is 1.02. The second-order valence-corrected chi connectivity index (χ2v) is 6.13. The number of anilines is 1. The number of nitrogens with one attached hydrogen (secondary N) is 1. The van der Waals surface area contributed by atoms with Gasteiger partial charge in [-0.15, -0.1) is 0 Å². The quantitative estimate of drug-likeness (QED) is 0.624. The molecule has 3 aromatic carbocycles. The molecule has 0 aromatic heterocycles. The van der Waals surface area contributed by atoms with Crippen LogP contribution >= 0.6 is 0 Å². The fraction of sp³-hybridized carbons (Fsp3) is 0.182. The maximum absolute atomic E-state index is 13.3. The van der Waals surface area contributed by atoms with Gasteiger partial charge >= 0.3 is 0 Å². The summed E-state index contributed by atoms with van der Waals surface area (Å²) in [4.78, 5) is 0. The highest BCUT2D eigenvalue weighted by Crippen LogP contribution is 2.29. The van der Waals surface area contributed by atoms with Gasteiger partial charge in [0, 0.05) is 12.2 Å². The minimum atomic E-state index is -0.268. The van der Waals surface area contributed by atoms with Crippen molar-refractivity contribution in [2.75, 3.05) is 12.4 Å². The van der Waals surface area contributed by atoms with Gasteiger partial charge in [0.15, 0.2) is 11.5 Å². The van der Waals surface area contributed by atoms with Gasteiger partial charge in [-0.2, -0.15) is 0 Å². The first-order chi connectivity index (χ1) is 12.6. The Morgan fingerprint density at radius 2 is 1.73 bits per heavy atom. The largest absolute Gasteiger partial charge is 0.493 e. The normalized spacial score (nSPS) is 10.4. The third-order valence-corrected chi connectivity index (χ3v) is 4.03. The molecular formula is C22H22FNO2. The molecule has 0 saturated carbocycles. The van der Waals surface area contributed by atoms with Gasteiger partial charge in [-0.3, -0.25) is 0 Å². The predicted octanol–water partition coefficient (Wildman–Crippen LogP) is 5.33. The van der Waals surface area contributed by atoms with E-state index in [4.69, 9.17) is 9.47 Å². The summed E-state index contributed by atoms with van der Waals surface area (Å²) in [6.07, 6.45) is 0. The van der Waals surface area contributed by atoms with Crippen molar-refractivity contribution in [3.63, 3.8) is 0 Å². The Morgan fingerprint density at radius 1 is 0.885 bits per heavy atom. The highest BCUT2D eigenvalue weighted by Gasteiger charge is 2.07. The summed E-state index contributed by atoms with van der Waals surface area (Å²) in [6.45, 7) is 3.04. The van der Waals surface area contributed by atoms with Crippen molar-refractivity contribution in [1.29, 1.82) is 0 Å². The zero-order valence-electron chi connectivity index (χ0n) is 15.0. The van der Waals surface area contributed by atoms with E-state index in [2.05, 4.69) is 24.4 Å². The average Bonchev–Trinajstić information content (AvgIpc) is 2.65. The summed E-state index contributed by atoms with van der Waals surface area (Å²) in [6, 6.07) is 20.4. The molecule has 3 nitrogen and oxygen atoms in total. The summed E-state index contributed by atoms with van der Waals surface area (Å²) in [5, 5.41) is 3.40. The van der Waals surface area contributed by atoms with E-state index in [1.54, 1.807) is 13.2 Å². The highest BCUT2D eigenvalue weighted by atomic mass is 19.1. The minimum Gasteiger partial charge on any atom is -0.493 e. The molecule has 0 aliphatic heterocycles. The van der Waals surface area contributed by atoms with E-state index in [9.17, 15) is 4.39 Å². The molecule has 0 saturated heterocycles. The van der Waals surface area contributed by atoms with Crippen LogP contribution in [0.5, 0.6) is 11.5 Å². The molecule has 1 N–H and O–H groups in total. The van der Waals surface area contributed by atoms with Gasteiger partial charge in [-0.25, -0.2) is 4.39 Å². The molecule has 3 rings (SSSR count). The van der Waals surface area contributed by atoms with E-state index in [-0.39, 0.29) is 12.4 Å². The van der Waals surface area contributed by atoms with Crippen molar-refractivity contribution in [3.05, 3.63) is 89.2 Å². The van der Waals surface area contributed by atoms with Gasteiger partial charge in [0.2, 0.25) is 0 Å². The molecule has 3 aromatic rings. The Labute approximate surface area is 153 Å². The third kappa shape index (κ3) is 4.76. The number of hydrogen-bond donors (Lipinski definition) is 1. The number of methoxy groups -OCH3 is 1. The second-order valence-electron chi connectivity index (χ2n) is 6.13. The van der Waals surface area contributed by atoms with Crippen molar-refractivity contribution in [3.8, 4) is 11.5 Å². The molecule has 26 heavy (non-hydrogen) atoms. The Kier molecular flexibility index (Phi) is 5.74. The standard InChI is InChI=1S/C22H22FNO2/c1-16-5-3-8-20(11-16)24-14-17-9-10-21(22(13-17)25-2)26-15-18-6-4-7-19(23)12-18/h3-13,24H,14-15H2,1-2H3. The summed E-state index contributed by atoms with van der Waals surface area (Å²) >= 11 is 0. The lowest BCUT2D eigenvalue weighted by atomic mass is 10.1. The molecule has 0 bridgehead atoms. The van der Waals surface area contributed by atoms with Gasteiger partial charge in [-0.05, 0) is 60.0 Å². The van der Waals surface area contributed by atoms with Crippen LogP contribution in [0.2, 0.25) is 0 Å². The summed E-state index contributed by atoms with van der Waals surface area (Å²) in [7, 11) is 1.61. The van der Waals surface area contributed by atoms with E-state index < -0.39 is 0 Å². The second kappa shape index (κ2) is 8.39. The summed E-state index contributed by atoms with van der Waals surface area (Å²) < 4.78 is 24.5. The number of hydrogen-bond acceptors (Lipinski definition) is 3. The molecule has 0 radical (unpaired) electrons. The lowest BCUT2D eigenvalue weighted by Crippen LogP contribution is -2.02. The zero-order valence-corrected chi connectivity index (χ0v) is 15.0. The lowest BCUT2D eigenvalue weighted by Gasteiger charge is -2.13. The van der Waals surface area contributed by atoms with Crippen LogP contribution in [0.3, 0.4) is 0 Å². The number of aryl methyl sites for hydroxylation is 1. The molecule has 0 amide bonds. The highest BCUT2D eigenvalue weighted by molar-refractivity contribution is 5.48. The SMILES string of the molecule is COc1cc(CNc2cccc(C)c2)ccc1OCc1cccc(F)c1. The monoisotopic (exact) mass is 351 g/mol. The van der Waals surface area contributed by atoms with Crippen LogP contribution in [0.1, 0.15) is 16.7 Å². The van der Waals surface area contributed by atoms with E-state index in [0.29, 0.717) is 18.0 Å². The predicted molar refractivity (Wildman–Crippen MR) is 102 cm³/mol. The Balaban J connectivity index is 1.65. The maximum atomic E-state index is 13.3. The van der Waals surface area contributed by atoms with Gasteiger partial charge in [0.25, 0.3) is 0 Å². The number of benzene rings is 3. The fourth-order valence-electron chi connectivity index (χ4n) is 2.69.